The molecule has 1 aliphatic heterocycles. The standard InChI is InChI=1S/C19H24N2O3/c1-2-3-4-10-18(22)20-13-15-7-5-8-16(12-15)19(23)21-14-17-9-6-11-24-17/h2-5,7-8,10,12,17H,6,9,11,13-14H2,1H3,(H,20,22)(H,21,23)/b3-2+,10-4-/t17-/m1/s1. The molecule has 5 heteroatoms. The summed E-state index contributed by atoms with van der Waals surface area (Å²) in [7, 11) is 0. The highest BCUT2D eigenvalue weighted by molar-refractivity contribution is 5.94. The van der Waals surface area contributed by atoms with Gasteiger partial charge in [0.15, 0.2) is 0 Å². The topological polar surface area (TPSA) is 67.4 Å². The number of carbonyl (C=O) groups excluding carboxylic acids is 2. The normalized spacial score (nSPS) is 17.5. The maximum atomic E-state index is 12.2. The largest absolute Gasteiger partial charge is 0.376 e. The number of carbonyl (C=O) groups is 2. The van der Waals surface area contributed by atoms with Gasteiger partial charge in [0.25, 0.3) is 5.91 Å². The summed E-state index contributed by atoms with van der Waals surface area (Å²) < 4.78 is 5.49. The number of benzene rings is 1. The molecule has 5 nitrogen and oxygen atoms in total. The highest BCUT2D eigenvalue weighted by Gasteiger charge is 2.16. The molecule has 0 saturated carbocycles. The minimum atomic E-state index is -0.165. The Kier molecular flexibility index (Phi) is 7.23. The molecule has 0 spiro atoms. The second-order valence-corrected chi connectivity index (χ2v) is 5.65. The van der Waals surface area contributed by atoms with Crippen molar-refractivity contribution in [2.45, 2.75) is 32.4 Å². The molecule has 1 saturated heterocycles. The first-order valence-corrected chi connectivity index (χ1v) is 8.25. The SMILES string of the molecule is C/C=C/C=C\C(=O)NCc1cccc(C(=O)NC[C@H]2CCCO2)c1. The summed E-state index contributed by atoms with van der Waals surface area (Å²) in [6.45, 7) is 3.58. The third-order valence-corrected chi connectivity index (χ3v) is 3.72. The van der Waals surface area contributed by atoms with Gasteiger partial charge < -0.3 is 15.4 Å². The molecule has 1 heterocycles. The van der Waals surface area contributed by atoms with Gasteiger partial charge in [0.2, 0.25) is 5.91 Å². The van der Waals surface area contributed by atoms with Crippen LogP contribution in [-0.4, -0.2) is 31.1 Å². The van der Waals surface area contributed by atoms with E-state index in [1.807, 2.05) is 25.1 Å². The van der Waals surface area contributed by atoms with E-state index in [4.69, 9.17) is 4.74 Å². The molecular formula is C19H24N2O3. The lowest BCUT2D eigenvalue weighted by Crippen LogP contribution is -2.31. The second-order valence-electron chi connectivity index (χ2n) is 5.65. The van der Waals surface area contributed by atoms with Crippen LogP contribution >= 0.6 is 0 Å². The van der Waals surface area contributed by atoms with Gasteiger partial charge >= 0.3 is 0 Å². The van der Waals surface area contributed by atoms with Crippen LogP contribution in [0.2, 0.25) is 0 Å². The van der Waals surface area contributed by atoms with Gasteiger partial charge in [-0.15, -0.1) is 0 Å². The summed E-state index contributed by atoms with van der Waals surface area (Å²) in [4.78, 5) is 23.8. The van der Waals surface area contributed by atoms with E-state index in [1.165, 1.54) is 6.08 Å². The zero-order valence-electron chi connectivity index (χ0n) is 14.0. The smallest absolute Gasteiger partial charge is 0.251 e. The zero-order valence-corrected chi connectivity index (χ0v) is 14.0. The van der Waals surface area contributed by atoms with Gasteiger partial charge in [-0.3, -0.25) is 9.59 Å². The summed E-state index contributed by atoms with van der Waals surface area (Å²) >= 11 is 0. The summed E-state index contributed by atoms with van der Waals surface area (Å²) in [5.41, 5.74) is 1.47. The van der Waals surface area contributed by atoms with Crippen LogP contribution < -0.4 is 10.6 Å². The fraction of sp³-hybridized carbons (Fsp3) is 0.368. The molecule has 1 fully saturated rings. The maximum Gasteiger partial charge on any atom is 0.251 e. The Morgan fingerprint density at radius 1 is 1.29 bits per heavy atom. The number of hydrogen-bond acceptors (Lipinski definition) is 3. The Balaban J connectivity index is 1.83. The van der Waals surface area contributed by atoms with Crippen molar-refractivity contribution in [3.63, 3.8) is 0 Å². The fourth-order valence-corrected chi connectivity index (χ4v) is 2.44. The van der Waals surface area contributed by atoms with Crippen LogP contribution in [0.1, 0.15) is 35.7 Å². The van der Waals surface area contributed by atoms with Crippen LogP contribution in [0.4, 0.5) is 0 Å². The Morgan fingerprint density at radius 2 is 2.17 bits per heavy atom. The molecule has 0 unspecified atom stereocenters. The molecule has 2 rings (SSSR count). The Morgan fingerprint density at radius 3 is 2.92 bits per heavy atom. The summed E-state index contributed by atoms with van der Waals surface area (Å²) in [6, 6.07) is 7.26. The van der Waals surface area contributed by atoms with Crippen molar-refractivity contribution in [1.82, 2.24) is 10.6 Å². The number of nitrogens with one attached hydrogen (secondary N) is 2. The molecule has 1 aliphatic rings. The van der Waals surface area contributed by atoms with E-state index >= 15 is 0 Å². The number of allylic oxidation sites excluding steroid dienone is 3. The minimum Gasteiger partial charge on any atom is -0.376 e. The van der Waals surface area contributed by atoms with E-state index in [-0.39, 0.29) is 17.9 Å². The van der Waals surface area contributed by atoms with Crippen molar-refractivity contribution in [3.05, 3.63) is 59.7 Å². The Bertz CT molecular complexity index is 617. The molecule has 128 valence electrons. The lowest BCUT2D eigenvalue weighted by molar-refractivity contribution is -0.116. The van der Waals surface area contributed by atoms with Crippen molar-refractivity contribution in [2.75, 3.05) is 13.2 Å². The predicted molar refractivity (Wildman–Crippen MR) is 93.5 cm³/mol. The van der Waals surface area contributed by atoms with Crippen molar-refractivity contribution < 1.29 is 14.3 Å². The van der Waals surface area contributed by atoms with E-state index in [0.29, 0.717) is 18.7 Å². The molecule has 1 aromatic carbocycles. The molecule has 24 heavy (non-hydrogen) atoms. The summed E-state index contributed by atoms with van der Waals surface area (Å²) in [5.74, 6) is -0.284. The third kappa shape index (κ3) is 6.01. The zero-order chi connectivity index (χ0) is 17.2. The van der Waals surface area contributed by atoms with Gasteiger partial charge in [-0.25, -0.2) is 0 Å². The number of hydrogen-bond donors (Lipinski definition) is 2. The van der Waals surface area contributed by atoms with Crippen LogP contribution in [0.5, 0.6) is 0 Å². The van der Waals surface area contributed by atoms with E-state index in [1.54, 1.807) is 24.3 Å². The Labute approximate surface area is 142 Å². The fourth-order valence-electron chi connectivity index (χ4n) is 2.44. The minimum absolute atomic E-state index is 0.119. The molecule has 2 N–H and O–H groups in total. The quantitative estimate of drug-likeness (QED) is 0.596. The van der Waals surface area contributed by atoms with Gasteiger partial charge in [-0.1, -0.05) is 30.4 Å². The monoisotopic (exact) mass is 328 g/mol. The lowest BCUT2D eigenvalue weighted by Gasteiger charge is -2.11. The summed E-state index contributed by atoms with van der Waals surface area (Å²) in [6.07, 6.45) is 8.97. The van der Waals surface area contributed by atoms with Crippen LogP contribution in [-0.2, 0) is 16.1 Å². The van der Waals surface area contributed by atoms with Gasteiger partial charge in [0, 0.05) is 31.3 Å². The predicted octanol–water partition coefficient (Wildman–Crippen LogP) is 2.34. The molecule has 2 amide bonds. The lowest BCUT2D eigenvalue weighted by atomic mass is 10.1. The van der Waals surface area contributed by atoms with Gasteiger partial charge in [-0.05, 0) is 37.5 Å². The molecule has 1 aromatic rings. The van der Waals surface area contributed by atoms with Crippen molar-refractivity contribution in [2.24, 2.45) is 0 Å². The number of ether oxygens (including phenoxy) is 1. The van der Waals surface area contributed by atoms with Gasteiger partial charge in [0.05, 0.1) is 6.10 Å². The van der Waals surface area contributed by atoms with Crippen LogP contribution in [0.25, 0.3) is 0 Å². The maximum absolute atomic E-state index is 12.2. The Hall–Kier alpha value is -2.40. The van der Waals surface area contributed by atoms with E-state index in [0.717, 1.165) is 25.0 Å². The van der Waals surface area contributed by atoms with E-state index in [2.05, 4.69) is 10.6 Å². The van der Waals surface area contributed by atoms with E-state index in [9.17, 15) is 9.59 Å². The van der Waals surface area contributed by atoms with Crippen molar-refractivity contribution in [1.29, 1.82) is 0 Å². The van der Waals surface area contributed by atoms with Crippen LogP contribution in [0, 0.1) is 0 Å². The highest BCUT2D eigenvalue weighted by Crippen LogP contribution is 2.11. The van der Waals surface area contributed by atoms with Crippen LogP contribution in [0.3, 0.4) is 0 Å². The van der Waals surface area contributed by atoms with Crippen molar-refractivity contribution in [3.8, 4) is 0 Å². The number of amides is 2. The van der Waals surface area contributed by atoms with Gasteiger partial charge in [-0.2, -0.15) is 0 Å². The first kappa shape index (κ1) is 17.9. The van der Waals surface area contributed by atoms with E-state index < -0.39 is 0 Å². The summed E-state index contributed by atoms with van der Waals surface area (Å²) in [5, 5.41) is 5.69. The second kappa shape index (κ2) is 9.67. The average Bonchev–Trinajstić information content (AvgIpc) is 3.12. The van der Waals surface area contributed by atoms with Gasteiger partial charge in [0.1, 0.15) is 0 Å². The highest BCUT2D eigenvalue weighted by atomic mass is 16.5. The molecule has 0 radical (unpaired) electrons. The first-order chi connectivity index (χ1) is 11.7. The average molecular weight is 328 g/mol. The van der Waals surface area contributed by atoms with Crippen molar-refractivity contribution >= 4 is 11.8 Å². The molecule has 0 aliphatic carbocycles. The molecular weight excluding hydrogens is 304 g/mol. The third-order valence-electron chi connectivity index (χ3n) is 3.72. The number of rotatable bonds is 7. The first-order valence-electron chi connectivity index (χ1n) is 8.25. The molecule has 0 aromatic heterocycles. The molecule has 1 atom stereocenters. The van der Waals surface area contributed by atoms with Crippen LogP contribution in [0.15, 0.2) is 48.6 Å². The molecule has 0 bridgehead atoms.